The lowest BCUT2D eigenvalue weighted by Crippen LogP contribution is -2.71. The topological polar surface area (TPSA) is 155 Å². The number of aromatic nitrogens is 1. The SMILES string of the molecule is CCCNC(=O)NC1C(=O)N2C(C(=O)O)=C(CSc3ccc([N+](=O)[O-])cn3)CS[C@@H]12. The van der Waals surface area contributed by atoms with Gasteiger partial charge in [0, 0.05) is 24.1 Å². The molecule has 2 atom stereocenters. The molecule has 0 aliphatic carbocycles. The number of amides is 3. The highest BCUT2D eigenvalue weighted by Gasteiger charge is 2.54. The maximum Gasteiger partial charge on any atom is 0.352 e. The summed E-state index contributed by atoms with van der Waals surface area (Å²) < 4.78 is 0. The van der Waals surface area contributed by atoms with E-state index < -0.39 is 34.2 Å². The monoisotopic (exact) mass is 453 g/mol. The van der Waals surface area contributed by atoms with Crippen LogP contribution in [0.25, 0.3) is 0 Å². The number of nitro groups is 1. The van der Waals surface area contributed by atoms with E-state index in [0.29, 0.717) is 22.9 Å². The van der Waals surface area contributed by atoms with Gasteiger partial charge in [-0.1, -0.05) is 6.92 Å². The van der Waals surface area contributed by atoms with Crippen LogP contribution in [-0.4, -0.2) is 67.3 Å². The third-order valence-electron chi connectivity index (χ3n) is 4.40. The number of pyridine rings is 1. The zero-order valence-corrected chi connectivity index (χ0v) is 17.5. The fourth-order valence-corrected chi connectivity index (χ4v) is 5.28. The van der Waals surface area contributed by atoms with Crippen LogP contribution in [-0.2, 0) is 9.59 Å². The number of fused-ring (bicyclic) bond motifs is 1. The number of carbonyl (C=O) groups is 3. The van der Waals surface area contributed by atoms with Crippen molar-refractivity contribution in [2.45, 2.75) is 29.8 Å². The summed E-state index contributed by atoms with van der Waals surface area (Å²) in [6.45, 7) is 2.38. The molecule has 2 aliphatic rings. The van der Waals surface area contributed by atoms with Gasteiger partial charge in [-0.2, -0.15) is 0 Å². The predicted molar refractivity (Wildman–Crippen MR) is 110 cm³/mol. The van der Waals surface area contributed by atoms with Gasteiger partial charge in [-0.05, 0) is 18.1 Å². The summed E-state index contributed by atoms with van der Waals surface area (Å²) in [4.78, 5) is 51.6. The molecule has 0 aromatic carbocycles. The average Bonchev–Trinajstić information content (AvgIpc) is 2.73. The number of nitrogens with zero attached hydrogens (tertiary/aromatic N) is 3. The van der Waals surface area contributed by atoms with Gasteiger partial charge in [0.15, 0.2) is 0 Å². The molecule has 1 aromatic heterocycles. The standard InChI is InChI=1S/C17H19N5O6S2/c1-2-5-18-17(26)20-12-14(23)21-13(16(24)25)9(8-30-15(12)21)7-29-11-4-3-10(6-19-11)22(27)28/h3-4,6,12,15H,2,5,7-8H2,1H3,(H,24,25)(H2,18,20,26)/t12?,15-/m0/s1. The molecular formula is C17H19N5O6S2. The van der Waals surface area contributed by atoms with Crippen molar-refractivity contribution in [3.05, 3.63) is 39.7 Å². The predicted octanol–water partition coefficient (Wildman–Crippen LogP) is 1.41. The van der Waals surface area contributed by atoms with Crippen LogP contribution in [0.5, 0.6) is 0 Å². The van der Waals surface area contributed by atoms with Gasteiger partial charge in [0.25, 0.3) is 11.6 Å². The highest BCUT2D eigenvalue weighted by Crippen LogP contribution is 2.41. The number of nitrogens with one attached hydrogen (secondary N) is 2. The van der Waals surface area contributed by atoms with Gasteiger partial charge in [0.05, 0.1) is 9.95 Å². The average molecular weight is 454 g/mol. The highest BCUT2D eigenvalue weighted by atomic mass is 32.2. The number of hydrogen-bond donors (Lipinski definition) is 3. The number of aliphatic carboxylic acids is 1. The maximum atomic E-state index is 12.5. The Labute approximate surface area is 179 Å². The number of carboxylic acids is 1. The highest BCUT2D eigenvalue weighted by molar-refractivity contribution is 8.01. The van der Waals surface area contributed by atoms with E-state index in [1.54, 1.807) is 0 Å². The van der Waals surface area contributed by atoms with E-state index in [2.05, 4.69) is 15.6 Å². The van der Waals surface area contributed by atoms with Crippen LogP contribution in [0, 0.1) is 10.1 Å². The molecule has 2 aliphatic heterocycles. The van der Waals surface area contributed by atoms with Crippen LogP contribution >= 0.6 is 23.5 Å². The van der Waals surface area contributed by atoms with E-state index in [4.69, 9.17) is 0 Å². The van der Waals surface area contributed by atoms with Crippen molar-refractivity contribution >= 4 is 47.1 Å². The number of β-lactam (4-membered cyclic amide) rings is 1. The third kappa shape index (κ3) is 4.51. The molecule has 3 amide bonds. The van der Waals surface area contributed by atoms with Gasteiger partial charge < -0.3 is 15.7 Å². The minimum atomic E-state index is -1.21. The number of rotatable bonds is 8. The molecule has 1 aromatic rings. The molecule has 160 valence electrons. The fourth-order valence-electron chi connectivity index (χ4n) is 2.95. The molecule has 3 N–H and O–H groups in total. The van der Waals surface area contributed by atoms with Crippen LogP contribution in [0.4, 0.5) is 10.5 Å². The Balaban J connectivity index is 1.68. The second-order valence-corrected chi connectivity index (χ2v) is 8.55. The van der Waals surface area contributed by atoms with E-state index in [1.807, 2.05) is 6.92 Å². The summed E-state index contributed by atoms with van der Waals surface area (Å²) in [5.41, 5.74) is 0.342. The number of carbonyl (C=O) groups excluding carboxylic acids is 2. The Kier molecular flexibility index (Phi) is 6.82. The van der Waals surface area contributed by atoms with Crippen molar-refractivity contribution in [1.29, 1.82) is 0 Å². The third-order valence-corrected chi connectivity index (χ3v) is 6.77. The van der Waals surface area contributed by atoms with Gasteiger partial charge in [-0.3, -0.25) is 19.8 Å². The van der Waals surface area contributed by atoms with Crippen molar-refractivity contribution in [3.8, 4) is 0 Å². The second kappa shape index (κ2) is 9.34. The lowest BCUT2D eigenvalue weighted by atomic mass is 10.0. The Morgan fingerprint density at radius 3 is 2.83 bits per heavy atom. The number of hydrogen-bond acceptors (Lipinski definition) is 8. The fraction of sp³-hybridized carbons (Fsp3) is 0.412. The summed E-state index contributed by atoms with van der Waals surface area (Å²) in [6.07, 6.45) is 1.90. The zero-order valence-electron chi connectivity index (χ0n) is 15.9. The first kappa shape index (κ1) is 21.9. The van der Waals surface area contributed by atoms with Crippen LogP contribution < -0.4 is 10.6 Å². The lowest BCUT2D eigenvalue weighted by Gasteiger charge is -2.49. The molecule has 30 heavy (non-hydrogen) atoms. The summed E-state index contributed by atoms with van der Waals surface area (Å²) in [5.74, 6) is -1.03. The van der Waals surface area contributed by atoms with Gasteiger partial charge in [0.1, 0.15) is 23.3 Å². The molecule has 0 saturated carbocycles. The van der Waals surface area contributed by atoms with E-state index in [9.17, 15) is 29.6 Å². The minimum absolute atomic E-state index is 0.0785. The molecule has 3 heterocycles. The molecule has 0 spiro atoms. The zero-order chi connectivity index (χ0) is 21.8. The summed E-state index contributed by atoms with van der Waals surface area (Å²) >= 11 is 2.61. The van der Waals surface area contributed by atoms with Crippen molar-refractivity contribution in [2.24, 2.45) is 0 Å². The quantitative estimate of drug-likeness (QED) is 0.229. The van der Waals surface area contributed by atoms with Gasteiger partial charge in [0.2, 0.25) is 0 Å². The normalized spacial score (nSPS) is 20.3. The molecule has 0 bridgehead atoms. The first-order chi connectivity index (χ1) is 14.3. The van der Waals surface area contributed by atoms with Crippen molar-refractivity contribution in [1.82, 2.24) is 20.5 Å². The number of thioether (sulfide) groups is 2. The second-order valence-electron chi connectivity index (χ2n) is 6.45. The number of carboxylic acid groups (broad SMARTS) is 1. The van der Waals surface area contributed by atoms with Crippen LogP contribution in [0.3, 0.4) is 0 Å². The van der Waals surface area contributed by atoms with Crippen molar-refractivity contribution in [2.75, 3.05) is 18.1 Å². The molecule has 3 rings (SSSR count). The summed E-state index contributed by atoms with van der Waals surface area (Å²) in [5, 5.41) is 25.6. The Hall–Kier alpha value is -2.80. The Bertz CT molecular complexity index is 906. The molecular weight excluding hydrogens is 434 g/mol. The maximum absolute atomic E-state index is 12.5. The molecule has 11 nitrogen and oxygen atoms in total. The summed E-state index contributed by atoms with van der Waals surface area (Å²) in [6, 6.07) is 1.59. The lowest BCUT2D eigenvalue weighted by molar-refractivity contribution is -0.385. The van der Waals surface area contributed by atoms with Crippen LogP contribution in [0.2, 0.25) is 0 Å². The van der Waals surface area contributed by atoms with Crippen LogP contribution in [0.15, 0.2) is 34.6 Å². The van der Waals surface area contributed by atoms with Gasteiger partial charge in [-0.15, -0.1) is 23.5 Å². The van der Waals surface area contributed by atoms with Crippen molar-refractivity contribution < 1.29 is 24.4 Å². The Morgan fingerprint density at radius 2 is 2.23 bits per heavy atom. The molecule has 0 radical (unpaired) electrons. The van der Waals surface area contributed by atoms with Gasteiger partial charge in [-0.25, -0.2) is 14.6 Å². The molecule has 1 unspecified atom stereocenters. The molecule has 1 fully saturated rings. The minimum Gasteiger partial charge on any atom is -0.477 e. The molecule has 1 saturated heterocycles. The number of urea groups is 1. The first-order valence-electron chi connectivity index (χ1n) is 9.01. The van der Waals surface area contributed by atoms with Gasteiger partial charge >= 0.3 is 12.0 Å². The van der Waals surface area contributed by atoms with E-state index in [0.717, 1.165) is 12.6 Å². The Morgan fingerprint density at radius 1 is 1.47 bits per heavy atom. The summed E-state index contributed by atoms with van der Waals surface area (Å²) in [7, 11) is 0. The molecule has 13 heteroatoms. The smallest absolute Gasteiger partial charge is 0.352 e. The first-order valence-corrected chi connectivity index (χ1v) is 11.0. The van der Waals surface area contributed by atoms with E-state index >= 15 is 0 Å². The van der Waals surface area contributed by atoms with Crippen molar-refractivity contribution in [3.63, 3.8) is 0 Å². The van der Waals surface area contributed by atoms with E-state index in [1.165, 1.54) is 40.6 Å². The largest absolute Gasteiger partial charge is 0.477 e. The van der Waals surface area contributed by atoms with Crippen LogP contribution in [0.1, 0.15) is 13.3 Å². The van der Waals surface area contributed by atoms with E-state index in [-0.39, 0.29) is 17.1 Å².